The number of halogens is 3. The number of hydrogen-bond donors (Lipinski definition) is 2. The highest BCUT2D eigenvalue weighted by Gasteiger charge is 2.64. The molecule has 7 nitrogen and oxygen atoms in total. The second-order valence-corrected chi connectivity index (χ2v) is 7.23. The van der Waals surface area contributed by atoms with E-state index in [1.807, 2.05) is 0 Å². The largest absolute Gasteiger partial charge is 0.496 e. The molecule has 1 aromatic carbocycles. The molecule has 2 N–H and O–H groups in total. The zero-order valence-corrected chi connectivity index (χ0v) is 16.3. The smallest absolute Gasteiger partial charge is 0.442 e. The van der Waals surface area contributed by atoms with Crippen molar-refractivity contribution in [2.75, 3.05) is 19.5 Å². The molecule has 1 aliphatic rings. The molecule has 1 aromatic heterocycles. The predicted molar refractivity (Wildman–Crippen MR) is 99.0 cm³/mol. The molecular formula is C18H18F3N3O4S. The first-order valence-electron chi connectivity index (χ1n) is 8.56. The van der Waals surface area contributed by atoms with Crippen LogP contribution in [0, 0.1) is 0 Å². The topological polar surface area (TPSA) is 89.5 Å². The Kier molecular flexibility index (Phi) is 5.69. The van der Waals surface area contributed by atoms with Crippen LogP contribution in [0.25, 0.3) is 0 Å². The molecule has 156 valence electrons. The Hall–Kier alpha value is -2.82. The molecule has 0 unspecified atom stereocenters. The van der Waals surface area contributed by atoms with Crippen LogP contribution in [0.4, 0.5) is 18.3 Å². The lowest BCUT2D eigenvalue weighted by Gasteiger charge is -2.34. The van der Waals surface area contributed by atoms with E-state index in [1.54, 1.807) is 16.8 Å². The summed E-state index contributed by atoms with van der Waals surface area (Å²) in [5, 5.41) is 5.28. The van der Waals surface area contributed by atoms with Crippen LogP contribution < -0.4 is 15.4 Å². The summed E-state index contributed by atoms with van der Waals surface area (Å²) >= 11 is 0.913. The van der Waals surface area contributed by atoms with Crippen molar-refractivity contribution in [3.8, 4) is 5.75 Å². The van der Waals surface area contributed by atoms with Gasteiger partial charge in [0.15, 0.2) is 5.13 Å². The number of anilines is 1. The molecule has 1 saturated carbocycles. The number of methoxy groups -OCH3 is 2. The van der Waals surface area contributed by atoms with Crippen molar-refractivity contribution in [1.29, 1.82) is 0 Å². The number of nitrogens with one attached hydrogen (secondary N) is 2. The zero-order valence-electron chi connectivity index (χ0n) is 15.5. The van der Waals surface area contributed by atoms with Gasteiger partial charge in [-0.25, -0.2) is 9.78 Å². The minimum absolute atomic E-state index is 0.0520. The fourth-order valence-electron chi connectivity index (χ4n) is 2.68. The van der Waals surface area contributed by atoms with Crippen molar-refractivity contribution in [1.82, 2.24) is 10.3 Å². The van der Waals surface area contributed by atoms with Gasteiger partial charge in [-0.3, -0.25) is 4.79 Å². The minimum Gasteiger partial charge on any atom is -0.496 e. The lowest BCUT2D eigenvalue weighted by atomic mass is 10.1. The van der Waals surface area contributed by atoms with Gasteiger partial charge in [-0.2, -0.15) is 13.2 Å². The average Bonchev–Trinajstić information content (AvgIpc) is 3.44. The van der Waals surface area contributed by atoms with Gasteiger partial charge in [0.05, 0.1) is 25.5 Å². The zero-order chi connectivity index (χ0) is 21.2. The molecule has 0 bridgehead atoms. The maximum Gasteiger partial charge on any atom is 0.442 e. The Morgan fingerprint density at radius 2 is 1.90 bits per heavy atom. The van der Waals surface area contributed by atoms with Crippen LogP contribution in [0.1, 0.15) is 34.8 Å². The minimum atomic E-state index is -5.23. The molecule has 0 aliphatic heterocycles. The number of hydrogen-bond acceptors (Lipinski definition) is 7. The summed E-state index contributed by atoms with van der Waals surface area (Å²) in [6, 6.07) is 5.71. The number of alkyl halides is 3. The molecular weight excluding hydrogens is 411 g/mol. The van der Waals surface area contributed by atoms with E-state index in [0.29, 0.717) is 5.69 Å². The molecule has 11 heteroatoms. The summed E-state index contributed by atoms with van der Waals surface area (Å²) in [7, 11) is 2.08. The van der Waals surface area contributed by atoms with Crippen LogP contribution in [0.15, 0.2) is 29.6 Å². The third-order valence-electron chi connectivity index (χ3n) is 4.38. The summed E-state index contributed by atoms with van der Waals surface area (Å²) in [4.78, 5) is 29.1. The normalized spacial score (nSPS) is 15.9. The van der Waals surface area contributed by atoms with E-state index >= 15 is 0 Å². The van der Waals surface area contributed by atoms with Crippen molar-refractivity contribution in [2.45, 2.75) is 30.6 Å². The van der Waals surface area contributed by atoms with Crippen molar-refractivity contribution in [3.63, 3.8) is 0 Å². The Labute approximate surface area is 168 Å². The Balaban J connectivity index is 1.98. The predicted octanol–water partition coefficient (Wildman–Crippen LogP) is 3.30. The molecule has 1 heterocycles. The SMILES string of the molecule is COC(=O)[C@](NC(=O)c1ccccc1OC)(Nc1nc(C2CC2)cs1)C(F)(F)F. The first-order chi connectivity index (χ1) is 13.7. The number of carbonyl (C=O) groups is 2. The second-order valence-electron chi connectivity index (χ2n) is 6.37. The van der Waals surface area contributed by atoms with Crippen LogP contribution in [0.3, 0.4) is 0 Å². The van der Waals surface area contributed by atoms with Gasteiger partial charge in [0.25, 0.3) is 5.91 Å². The number of thiazole rings is 1. The number of nitrogens with zero attached hydrogens (tertiary/aromatic N) is 1. The van der Waals surface area contributed by atoms with Crippen molar-refractivity contribution < 1.29 is 32.2 Å². The Morgan fingerprint density at radius 3 is 2.48 bits per heavy atom. The quantitative estimate of drug-likeness (QED) is 0.519. The van der Waals surface area contributed by atoms with Crippen molar-refractivity contribution in [3.05, 3.63) is 40.9 Å². The van der Waals surface area contributed by atoms with E-state index in [2.05, 4.69) is 15.0 Å². The molecule has 2 aromatic rings. The van der Waals surface area contributed by atoms with Gasteiger partial charge in [-0.15, -0.1) is 11.3 Å². The fourth-order valence-corrected chi connectivity index (χ4v) is 3.53. The van der Waals surface area contributed by atoms with E-state index in [9.17, 15) is 22.8 Å². The standard InChI is InChI=1S/C18H18F3N3O4S/c1-27-13-6-4-3-5-11(13)14(25)23-17(15(26)28-2,18(19,20)21)24-16-22-12(9-29-16)10-7-8-10/h3-6,9-10H,7-8H2,1-2H3,(H,22,24)(H,23,25)/t17-/m0/s1. The van der Waals surface area contributed by atoms with Crippen molar-refractivity contribution >= 4 is 28.3 Å². The van der Waals surface area contributed by atoms with E-state index in [1.165, 1.54) is 25.3 Å². The average molecular weight is 429 g/mol. The lowest BCUT2D eigenvalue weighted by Crippen LogP contribution is -2.69. The first-order valence-corrected chi connectivity index (χ1v) is 9.44. The molecule has 0 spiro atoms. The van der Waals surface area contributed by atoms with Crippen LogP contribution in [0.5, 0.6) is 5.75 Å². The number of aromatic nitrogens is 1. The van der Waals surface area contributed by atoms with Crippen LogP contribution >= 0.6 is 11.3 Å². The van der Waals surface area contributed by atoms with Crippen LogP contribution in [-0.2, 0) is 9.53 Å². The highest BCUT2D eigenvalue weighted by atomic mass is 32.1. The molecule has 3 rings (SSSR count). The van der Waals surface area contributed by atoms with Gasteiger partial charge in [0.1, 0.15) is 5.75 Å². The third kappa shape index (κ3) is 4.14. The number of amides is 1. The molecule has 1 amide bonds. The molecule has 1 aliphatic carbocycles. The second kappa shape index (κ2) is 7.90. The Bertz CT molecular complexity index is 914. The summed E-state index contributed by atoms with van der Waals surface area (Å²) in [5.41, 5.74) is -3.06. The van der Waals surface area contributed by atoms with E-state index in [0.717, 1.165) is 31.3 Å². The molecule has 1 atom stereocenters. The summed E-state index contributed by atoms with van der Waals surface area (Å²) in [6.07, 6.45) is -3.41. The van der Waals surface area contributed by atoms with Gasteiger partial charge in [-0.05, 0) is 25.0 Å². The van der Waals surface area contributed by atoms with Gasteiger partial charge in [0.2, 0.25) is 0 Å². The lowest BCUT2D eigenvalue weighted by molar-refractivity contribution is -0.203. The van der Waals surface area contributed by atoms with Crippen LogP contribution in [-0.4, -0.2) is 42.9 Å². The first kappa shape index (κ1) is 20.9. The number of para-hydroxylation sites is 1. The molecule has 1 fully saturated rings. The monoisotopic (exact) mass is 429 g/mol. The van der Waals surface area contributed by atoms with Gasteiger partial charge in [-0.1, -0.05) is 12.1 Å². The van der Waals surface area contributed by atoms with Gasteiger partial charge < -0.3 is 20.1 Å². The van der Waals surface area contributed by atoms with Gasteiger partial charge in [0, 0.05) is 11.3 Å². The number of carbonyl (C=O) groups excluding carboxylic acids is 2. The number of esters is 1. The molecule has 0 saturated heterocycles. The fraction of sp³-hybridized carbons (Fsp3) is 0.389. The number of benzene rings is 1. The summed E-state index contributed by atoms with van der Waals surface area (Å²) < 4.78 is 51.7. The third-order valence-corrected chi connectivity index (χ3v) is 5.16. The van der Waals surface area contributed by atoms with E-state index < -0.39 is 23.7 Å². The summed E-state index contributed by atoms with van der Waals surface area (Å²) in [5.74, 6) is -2.63. The molecule has 0 radical (unpaired) electrons. The number of rotatable bonds is 7. The van der Waals surface area contributed by atoms with Gasteiger partial charge >= 0.3 is 17.8 Å². The highest BCUT2D eigenvalue weighted by Crippen LogP contribution is 2.42. The highest BCUT2D eigenvalue weighted by molar-refractivity contribution is 7.13. The summed E-state index contributed by atoms with van der Waals surface area (Å²) in [6.45, 7) is 0. The van der Waals surface area contributed by atoms with E-state index in [-0.39, 0.29) is 22.4 Å². The Morgan fingerprint density at radius 1 is 1.21 bits per heavy atom. The maximum atomic E-state index is 14.1. The van der Waals surface area contributed by atoms with Crippen LogP contribution in [0.2, 0.25) is 0 Å². The van der Waals surface area contributed by atoms with Crippen molar-refractivity contribution in [2.24, 2.45) is 0 Å². The number of ether oxygens (including phenoxy) is 2. The molecule has 29 heavy (non-hydrogen) atoms. The van der Waals surface area contributed by atoms with E-state index in [4.69, 9.17) is 4.74 Å². The maximum absolute atomic E-state index is 14.1.